The van der Waals surface area contributed by atoms with Crippen molar-refractivity contribution in [2.24, 2.45) is 0 Å². The monoisotopic (exact) mass is 496 g/mol. The molecule has 33 heavy (non-hydrogen) atoms. The molecule has 2 aromatic rings. The smallest absolute Gasteiger partial charge is 0.265 e. The number of benzene rings is 2. The summed E-state index contributed by atoms with van der Waals surface area (Å²) in [5.74, 6) is -0.964. The molecule has 0 fully saturated rings. The standard InChI is InChI=1S/C23H23Cl2FN2O5/c1-13(7-8-27-21(29)12-32-15-4-5-17(25)18(26)10-15)28-22(30)20-11-23(2,31)16-9-14(24)3-6-19(16)33-20/h3-6,9-10,20,31H,1,7-8,11-12H2,2H3,(H,27,29)(H,28,30)/t20-,23-/m0/s1. The number of hydrogen-bond donors (Lipinski definition) is 3. The molecule has 0 spiro atoms. The van der Waals surface area contributed by atoms with E-state index in [4.69, 9.17) is 32.7 Å². The molecule has 0 saturated heterocycles. The van der Waals surface area contributed by atoms with Crippen LogP contribution < -0.4 is 20.1 Å². The first-order valence-corrected chi connectivity index (χ1v) is 10.8. The summed E-state index contributed by atoms with van der Waals surface area (Å²) in [6, 6.07) is 8.71. The molecule has 3 N–H and O–H groups in total. The Morgan fingerprint density at radius 2 is 2.06 bits per heavy atom. The van der Waals surface area contributed by atoms with Crippen LogP contribution in [0.5, 0.6) is 11.5 Å². The van der Waals surface area contributed by atoms with Gasteiger partial charge in [0.2, 0.25) is 0 Å². The average Bonchev–Trinajstić information content (AvgIpc) is 2.74. The van der Waals surface area contributed by atoms with E-state index >= 15 is 0 Å². The number of carbonyl (C=O) groups excluding carboxylic acids is 2. The second-order valence-electron chi connectivity index (χ2n) is 7.78. The third kappa shape index (κ3) is 6.60. The lowest BCUT2D eigenvalue weighted by molar-refractivity contribution is -0.132. The zero-order valence-corrected chi connectivity index (χ0v) is 19.3. The van der Waals surface area contributed by atoms with E-state index in [-0.39, 0.29) is 36.8 Å². The molecule has 2 atom stereocenters. The molecule has 0 radical (unpaired) electrons. The number of aliphatic hydroxyl groups is 1. The predicted octanol–water partition coefficient (Wildman–Crippen LogP) is 3.71. The molecule has 10 heteroatoms. The van der Waals surface area contributed by atoms with Crippen LogP contribution in [0.2, 0.25) is 10.0 Å². The van der Waals surface area contributed by atoms with Crippen LogP contribution in [0.4, 0.5) is 4.39 Å². The predicted molar refractivity (Wildman–Crippen MR) is 122 cm³/mol. The maximum atomic E-state index is 13.4. The van der Waals surface area contributed by atoms with Crippen LogP contribution in [0.15, 0.2) is 48.7 Å². The largest absolute Gasteiger partial charge is 0.484 e. The maximum absolute atomic E-state index is 13.4. The third-order valence-corrected chi connectivity index (χ3v) is 5.52. The number of fused-ring (bicyclic) bond motifs is 1. The summed E-state index contributed by atoms with van der Waals surface area (Å²) in [6.07, 6.45) is -0.616. The van der Waals surface area contributed by atoms with Gasteiger partial charge < -0.3 is 25.2 Å². The van der Waals surface area contributed by atoms with Crippen LogP contribution in [0.3, 0.4) is 0 Å². The highest BCUT2D eigenvalue weighted by Gasteiger charge is 2.39. The molecule has 0 aromatic heterocycles. The first-order chi connectivity index (χ1) is 15.5. The summed E-state index contributed by atoms with van der Waals surface area (Å²) < 4.78 is 24.3. The van der Waals surface area contributed by atoms with E-state index in [1.807, 2.05) is 0 Å². The van der Waals surface area contributed by atoms with Crippen LogP contribution in [0, 0.1) is 5.82 Å². The number of carbonyl (C=O) groups is 2. The highest BCUT2D eigenvalue weighted by molar-refractivity contribution is 6.31. The molecule has 2 amide bonds. The molecular formula is C23H23Cl2FN2O5. The number of nitrogens with one attached hydrogen (secondary N) is 2. The molecule has 0 unspecified atom stereocenters. The van der Waals surface area contributed by atoms with Crippen molar-refractivity contribution in [3.05, 3.63) is 70.1 Å². The highest BCUT2D eigenvalue weighted by atomic mass is 35.5. The fourth-order valence-electron chi connectivity index (χ4n) is 3.27. The van der Waals surface area contributed by atoms with Gasteiger partial charge in [0.25, 0.3) is 11.8 Å². The normalized spacial score (nSPS) is 19.1. The van der Waals surface area contributed by atoms with E-state index in [1.54, 1.807) is 25.1 Å². The van der Waals surface area contributed by atoms with Gasteiger partial charge >= 0.3 is 0 Å². The SMILES string of the molecule is C=C(CCNC(=O)COc1ccc(Cl)c(F)c1)NC(=O)[C@@H]1C[C@](C)(O)c2cc(Cl)ccc2O1. The fraction of sp³-hybridized carbons (Fsp3) is 0.304. The number of halogens is 3. The Morgan fingerprint density at radius 1 is 1.30 bits per heavy atom. The minimum absolute atomic E-state index is 0.0387. The number of ether oxygens (including phenoxy) is 2. The van der Waals surface area contributed by atoms with Crippen LogP contribution >= 0.6 is 23.2 Å². The van der Waals surface area contributed by atoms with Crippen LogP contribution in [0.25, 0.3) is 0 Å². The molecule has 2 aromatic carbocycles. The molecule has 0 saturated carbocycles. The van der Waals surface area contributed by atoms with Crippen molar-refractivity contribution in [3.63, 3.8) is 0 Å². The van der Waals surface area contributed by atoms with E-state index in [0.29, 0.717) is 22.0 Å². The van der Waals surface area contributed by atoms with Gasteiger partial charge in [0.15, 0.2) is 12.7 Å². The van der Waals surface area contributed by atoms with Gasteiger partial charge in [-0.25, -0.2) is 4.39 Å². The molecule has 7 nitrogen and oxygen atoms in total. The Kier molecular flexibility index (Phi) is 7.84. The van der Waals surface area contributed by atoms with Crippen LogP contribution in [0.1, 0.15) is 25.3 Å². The van der Waals surface area contributed by atoms with E-state index in [2.05, 4.69) is 17.2 Å². The minimum atomic E-state index is -1.29. The van der Waals surface area contributed by atoms with Crippen molar-refractivity contribution >= 4 is 35.0 Å². The summed E-state index contributed by atoms with van der Waals surface area (Å²) in [6.45, 7) is 5.26. The van der Waals surface area contributed by atoms with Crippen molar-refractivity contribution in [2.45, 2.75) is 31.5 Å². The van der Waals surface area contributed by atoms with Crippen LogP contribution in [-0.2, 0) is 15.2 Å². The van der Waals surface area contributed by atoms with Gasteiger partial charge in [-0.2, -0.15) is 0 Å². The number of amides is 2. The molecule has 0 bridgehead atoms. The molecule has 1 heterocycles. The molecule has 1 aliphatic rings. The second kappa shape index (κ2) is 10.4. The van der Waals surface area contributed by atoms with Gasteiger partial charge in [-0.05, 0) is 37.3 Å². The Balaban J connectivity index is 1.42. The van der Waals surface area contributed by atoms with Crippen molar-refractivity contribution in [1.29, 1.82) is 0 Å². The van der Waals surface area contributed by atoms with Crippen molar-refractivity contribution < 1.29 is 28.6 Å². The van der Waals surface area contributed by atoms with Crippen LogP contribution in [-0.4, -0.2) is 36.2 Å². The van der Waals surface area contributed by atoms with Gasteiger partial charge in [0.05, 0.1) is 10.6 Å². The first kappa shape index (κ1) is 24.8. The molecule has 0 aliphatic carbocycles. The third-order valence-electron chi connectivity index (χ3n) is 4.98. The average molecular weight is 497 g/mol. The second-order valence-corrected chi connectivity index (χ2v) is 8.63. The lowest BCUT2D eigenvalue weighted by atomic mass is 9.86. The van der Waals surface area contributed by atoms with Crippen molar-refractivity contribution in [1.82, 2.24) is 10.6 Å². The zero-order chi connectivity index (χ0) is 24.2. The van der Waals surface area contributed by atoms with Gasteiger partial charge in [0.1, 0.15) is 17.3 Å². The lowest BCUT2D eigenvalue weighted by Gasteiger charge is -2.35. The summed E-state index contributed by atoms with van der Waals surface area (Å²) >= 11 is 11.6. The van der Waals surface area contributed by atoms with E-state index in [9.17, 15) is 19.1 Å². The van der Waals surface area contributed by atoms with E-state index in [0.717, 1.165) is 6.07 Å². The van der Waals surface area contributed by atoms with E-state index in [1.165, 1.54) is 12.1 Å². The maximum Gasteiger partial charge on any atom is 0.265 e. The molecular weight excluding hydrogens is 474 g/mol. The summed E-state index contributed by atoms with van der Waals surface area (Å²) in [4.78, 5) is 24.5. The Hall–Kier alpha value is -2.81. The quantitative estimate of drug-likeness (QED) is 0.517. The number of hydrogen-bond acceptors (Lipinski definition) is 5. The highest BCUT2D eigenvalue weighted by Crippen LogP contribution is 2.40. The Bertz CT molecular complexity index is 1080. The molecule has 176 valence electrons. The summed E-state index contributed by atoms with van der Waals surface area (Å²) in [7, 11) is 0. The van der Waals surface area contributed by atoms with Crippen molar-refractivity contribution in [3.8, 4) is 11.5 Å². The first-order valence-electron chi connectivity index (χ1n) is 10.1. The van der Waals surface area contributed by atoms with E-state index < -0.39 is 29.3 Å². The lowest BCUT2D eigenvalue weighted by Crippen LogP contribution is -2.45. The molecule has 3 rings (SSSR count). The zero-order valence-electron chi connectivity index (χ0n) is 17.8. The van der Waals surface area contributed by atoms with Gasteiger partial charge in [-0.15, -0.1) is 0 Å². The Labute approximate surface area is 200 Å². The minimum Gasteiger partial charge on any atom is -0.484 e. The van der Waals surface area contributed by atoms with Gasteiger partial charge in [-0.3, -0.25) is 9.59 Å². The van der Waals surface area contributed by atoms with Gasteiger partial charge in [0, 0.05) is 41.7 Å². The summed E-state index contributed by atoms with van der Waals surface area (Å²) in [5.41, 5.74) is -0.404. The molecule has 1 aliphatic heterocycles. The fourth-order valence-corrected chi connectivity index (χ4v) is 3.56. The number of rotatable bonds is 8. The van der Waals surface area contributed by atoms with Crippen molar-refractivity contribution in [2.75, 3.05) is 13.2 Å². The van der Waals surface area contributed by atoms with Gasteiger partial charge in [-0.1, -0.05) is 29.8 Å². The Morgan fingerprint density at radius 3 is 2.79 bits per heavy atom. The summed E-state index contributed by atoms with van der Waals surface area (Å²) in [5, 5.41) is 16.4. The topological polar surface area (TPSA) is 96.9 Å².